The number of hydrogen-bond donors (Lipinski definition) is 3. The molecule has 0 radical (unpaired) electrons. The molecule has 0 bridgehead atoms. The zero-order valence-electron chi connectivity index (χ0n) is 43.8. The van der Waals surface area contributed by atoms with Gasteiger partial charge in [0.25, 0.3) is 11.8 Å². The zero-order chi connectivity index (χ0) is 56.6. The summed E-state index contributed by atoms with van der Waals surface area (Å²) >= 11 is 0. The lowest BCUT2D eigenvalue weighted by molar-refractivity contribution is -0.274. The first kappa shape index (κ1) is 54.7. The molecule has 4 aromatic carbocycles. The van der Waals surface area contributed by atoms with Crippen molar-refractivity contribution in [1.82, 2.24) is 34.6 Å². The number of nitrogens with zero attached hydrogens (tertiary/aromatic N) is 6. The van der Waals surface area contributed by atoms with Gasteiger partial charge >= 0.3 is 6.36 Å². The number of anilines is 2. The number of hydrogen-bond acceptors (Lipinski definition) is 14. The number of imide groups is 1. The average Bonchev–Trinajstić information content (AvgIpc) is 3.76. The Hall–Kier alpha value is -8.67. The van der Waals surface area contributed by atoms with Crippen LogP contribution in [0.5, 0.6) is 28.9 Å². The van der Waals surface area contributed by atoms with E-state index in [1.165, 1.54) is 55.1 Å². The molecule has 0 aliphatic carbocycles. The van der Waals surface area contributed by atoms with E-state index < -0.39 is 41.2 Å². The predicted octanol–water partition coefficient (Wildman–Crippen LogP) is 7.14. The van der Waals surface area contributed by atoms with Gasteiger partial charge < -0.3 is 43.9 Å². The van der Waals surface area contributed by atoms with Gasteiger partial charge in [-0.2, -0.15) is 0 Å². The van der Waals surface area contributed by atoms with Crippen LogP contribution in [0.15, 0.2) is 77.9 Å². The Morgan fingerprint density at radius 2 is 1.59 bits per heavy atom. The minimum atomic E-state index is -5.00. The Morgan fingerprint density at radius 1 is 0.850 bits per heavy atom. The maximum absolute atomic E-state index is 15.6. The highest BCUT2D eigenvalue weighted by Crippen LogP contribution is 2.42. The molecule has 6 aromatic rings. The number of alkyl halides is 3. The number of piperidine rings is 3. The van der Waals surface area contributed by atoms with E-state index in [9.17, 15) is 46.7 Å². The minimum Gasteiger partial charge on any atom is -0.493 e. The number of aryl methyl sites for hydroxylation is 1. The van der Waals surface area contributed by atoms with Gasteiger partial charge in [0.1, 0.15) is 23.7 Å². The molecule has 80 heavy (non-hydrogen) atoms. The molecule has 20 nitrogen and oxygen atoms in total. The van der Waals surface area contributed by atoms with Gasteiger partial charge in [-0.3, -0.25) is 43.8 Å². The monoisotopic (exact) mass is 1110 g/mol. The number of methoxy groups -OCH3 is 1. The SMILES string of the molecule is COc1cc2c(Oc3ccc(NC(=O)c4c(C)n(C)c5ccc(OC(F)(F)F)cc5c4=O)cc3F)ncnc2cc1OCCCC(=O)N1CCC2(CCN(CC(=O)Nc3ccc4c(c3)CN(C3CCC(=O)NC3=O)C4=O)CC2)CC1. The van der Waals surface area contributed by atoms with Crippen LogP contribution in [-0.2, 0) is 32.8 Å². The summed E-state index contributed by atoms with van der Waals surface area (Å²) in [6, 6.07) is 14.4. The maximum Gasteiger partial charge on any atom is 0.573 e. The average molecular weight is 1110 g/mol. The molecule has 1 spiro atoms. The van der Waals surface area contributed by atoms with Gasteiger partial charge in [-0.25, -0.2) is 14.4 Å². The maximum atomic E-state index is 15.6. The second-order valence-corrected chi connectivity index (χ2v) is 20.4. The molecule has 4 aliphatic heterocycles. The molecule has 1 atom stereocenters. The van der Waals surface area contributed by atoms with E-state index in [0.29, 0.717) is 58.7 Å². The van der Waals surface area contributed by atoms with Crippen molar-refractivity contribution in [1.29, 1.82) is 0 Å². The van der Waals surface area contributed by atoms with Gasteiger partial charge in [0.15, 0.2) is 23.1 Å². The van der Waals surface area contributed by atoms with Crippen molar-refractivity contribution in [2.75, 3.05) is 57.1 Å². The van der Waals surface area contributed by atoms with Crippen molar-refractivity contribution in [3.63, 3.8) is 0 Å². The molecule has 3 N–H and O–H groups in total. The van der Waals surface area contributed by atoms with E-state index in [1.807, 2.05) is 4.90 Å². The summed E-state index contributed by atoms with van der Waals surface area (Å²) in [6.45, 7) is 4.89. The lowest BCUT2D eigenvalue weighted by Gasteiger charge is -2.46. The first-order valence-corrected chi connectivity index (χ1v) is 26.0. The highest BCUT2D eigenvalue weighted by Gasteiger charge is 2.41. The Balaban J connectivity index is 0.673. The van der Waals surface area contributed by atoms with E-state index in [1.54, 1.807) is 30.3 Å². The van der Waals surface area contributed by atoms with Gasteiger partial charge in [0.2, 0.25) is 34.9 Å². The summed E-state index contributed by atoms with van der Waals surface area (Å²) in [5.74, 6) is -3.36. The smallest absolute Gasteiger partial charge is 0.493 e. The molecule has 24 heteroatoms. The number of amides is 6. The lowest BCUT2D eigenvalue weighted by Crippen LogP contribution is -2.52. The van der Waals surface area contributed by atoms with Crippen LogP contribution in [0.3, 0.4) is 0 Å². The summed E-state index contributed by atoms with van der Waals surface area (Å²) < 4.78 is 77.4. The van der Waals surface area contributed by atoms with Gasteiger partial charge in [-0.05, 0) is 124 Å². The number of aromatic nitrogens is 3. The Morgan fingerprint density at radius 3 is 2.31 bits per heavy atom. The van der Waals surface area contributed by atoms with Crippen LogP contribution >= 0.6 is 0 Å². The second kappa shape index (κ2) is 22.2. The third kappa shape index (κ3) is 11.6. The number of ether oxygens (including phenoxy) is 4. The predicted molar refractivity (Wildman–Crippen MR) is 281 cm³/mol. The van der Waals surface area contributed by atoms with E-state index in [-0.39, 0.29) is 107 Å². The first-order chi connectivity index (χ1) is 38.2. The topological polar surface area (TPSA) is 233 Å². The number of rotatable bonds is 15. The van der Waals surface area contributed by atoms with Crippen molar-refractivity contribution in [3.05, 3.63) is 111 Å². The number of pyridine rings is 1. The van der Waals surface area contributed by atoms with Crippen molar-refractivity contribution in [2.24, 2.45) is 12.5 Å². The normalized spacial score (nSPS) is 17.3. The summed E-state index contributed by atoms with van der Waals surface area (Å²) in [6.07, 6.45) is 0.910. The molecule has 6 heterocycles. The molecule has 0 saturated carbocycles. The molecular weight excluding hydrogens is 1050 g/mol. The highest BCUT2D eigenvalue weighted by molar-refractivity contribution is 6.07. The zero-order valence-corrected chi connectivity index (χ0v) is 43.8. The standard InChI is InChI=1S/C56H55F4N9O11/c1-31-49(50(73)38-25-35(80-56(58,59)60)8-10-41(38)66(31)2)52(75)64-34-7-12-43(39(57)24-34)79-53-37-26-44(77-3)45(27-40(37)61-30-62-53)78-22-4-5-48(72)68-20-16-55(17-21-68)14-18-67(19-15-55)29-47(71)63-33-6-9-36-32(23-33)28-69(54(36)76)42-11-13-46(70)65-51(42)74/h6-10,12,23-27,30,42H,4-5,11,13-22,28-29H2,1-3H3,(H,63,71)(H,64,75)(H,65,70,74). The van der Waals surface area contributed by atoms with Crippen molar-refractivity contribution < 1.29 is 65.3 Å². The molecule has 1 unspecified atom stereocenters. The Kier molecular flexibility index (Phi) is 15.2. The van der Waals surface area contributed by atoms with Crippen LogP contribution in [-0.4, -0.2) is 124 Å². The molecular formula is C56H55F4N9O11. The van der Waals surface area contributed by atoms with Crippen LogP contribution in [0.1, 0.15) is 83.3 Å². The first-order valence-electron chi connectivity index (χ1n) is 26.0. The molecule has 3 saturated heterocycles. The fourth-order valence-corrected chi connectivity index (χ4v) is 11.0. The minimum absolute atomic E-state index is 0.0287. The van der Waals surface area contributed by atoms with Crippen LogP contribution in [0.4, 0.5) is 28.9 Å². The molecule has 6 amide bonds. The quantitative estimate of drug-likeness (QED) is 0.0527. The third-order valence-electron chi connectivity index (χ3n) is 15.5. The van der Waals surface area contributed by atoms with Crippen molar-refractivity contribution >= 4 is 68.6 Å². The van der Waals surface area contributed by atoms with E-state index in [0.717, 1.165) is 57.0 Å². The number of halogens is 4. The van der Waals surface area contributed by atoms with E-state index in [4.69, 9.17) is 14.2 Å². The number of carbonyl (C=O) groups is 6. The van der Waals surface area contributed by atoms with E-state index in [2.05, 4.69) is 35.6 Å². The summed E-state index contributed by atoms with van der Waals surface area (Å²) in [4.78, 5) is 105. The van der Waals surface area contributed by atoms with Crippen LogP contribution in [0.2, 0.25) is 0 Å². The lowest BCUT2D eigenvalue weighted by atomic mass is 9.71. The fourth-order valence-electron chi connectivity index (χ4n) is 11.0. The molecule has 4 aliphatic rings. The van der Waals surface area contributed by atoms with Gasteiger partial charge in [0.05, 0.1) is 42.1 Å². The van der Waals surface area contributed by atoms with Crippen LogP contribution < -0.4 is 40.3 Å². The molecule has 418 valence electrons. The number of nitrogens with one attached hydrogen (secondary N) is 3. The highest BCUT2D eigenvalue weighted by atomic mass is 19.4. The second-order valence-electron chi connectivity index (χ2n) is 20.4. The third-order valence-corrected chi connectivity index (χ3v) is 15.5. The molecule has 2 aromatic heterocycles. The number of likely N-dealkylation sites (tertiary alicyclic amines) is 2. The molecule has 3 fully saturated rings. The Labute approximate surface area is 454 Å². The van der Waals surface area contributed by atoms with Crippen LogP contribution in [0.25, 0.3) is 21.8 Å². The number of fused-ring (bicyclic) bond motifs is 3. The van der Waals surface area contributed by atoms with Gasteiger partial charge in [0, 0.05) is 74.3 Å². The Bertz CT molecular complexity index is 3560. The number of carbonyl (C=O) groups excluding carboxylic acids is 6. The summed E-state index contributed by atoms with van der Waals surface area (Å²) in [5.41, 5.74) is 1.42. The van der Waals surface area contributed by atoms with E-state index >= 15 is 4.39 Å². The largest absolute Gasteiger partial charge is 0.573 e. The fraction of sp³-hybridized carbons (Fsp3) is 0.375. The summed E-state index contributed by atoms with van der Waals surface area (Å²) in [5, 5.41) is 7.90. The van der Waals surface area contributed by atoms with Crippen molar-refractivity contribution in [2.45, 2.75) is 77.2 Å². The van der Waals surface area contributed by atoms with Crippen molar-refractivity contribution in [3.8, 4) is 28.9 Å². The molecule has 10 rings (SSSR count). The number of benzene rings is 4. The van der Waals surface area contributed by atoms with Gasteiger partial charge in [-0.1, -0.05) is 0 Å². The van der Waals surface area contributed by atoms with Gasteiger partial charge in [-0.15, -0.1) is 13.2 Å². The van der Waals surface area contributed by atoms with Crippen LogP contribution in [0, 0.1) is 18.2 Å². The summed E-state index contributed by atoms with van der Waals surface area (Å²) in [7, 11) is 2.98.